The SMILES string of the molecule is OCC1OC(O)C(O)C(O)C(O)C1O. The molecule has 6 atom stereocenters. The highest BCUT2D eigenvalue weighted by Gasteiger charge is 2.43. The van der Waals surface area contributed by atoms with E-state index in [2.05, 4.69) is 4.74 Å². The monoisotopic (exact) mass is 210 g/mol. The molecule has 0 aromatic rings. The Hall–Kier alpha value is -0.280. The molecule has 6 unspecified atom stereocenters. The Bertz CT molecular complexity index is 182. The molecule has 0 aromatic heterocycles. The summed E-state index contributed by atoms with van der Waals surface area (Å²) in [6, 6.07) is 0. The predicted molar refractivity (Wildman–Crippen MR) is 42.0 cm³/mol. The summed E-state index contributed by atoms with van der Waals surface area (Å²) in [5.41, 5.74) is 0. The van der Waals surface area contributed by atoms with Crippen molar-refractivity contribution < 1.29 is 35.4 Å². The van der Waals surface area contributed by atoms with Gasteiger partial charge in [0.2, 0.25) is 0 Å². The Morgan fingerprint density at radius 1 is 0.786 bits per heavy atom. The lowest BCUT2D eigenvalue weighted by molar-refractivity contribution is -0.208. The van der Waals surface area contributed by atoms with Crippen molar-refractivity contribution in [1.82, 2.24) is 0 Å². The van der Waals surface area contributed by atoms with Gasteiger partial charge in [-0.3, -0.25) is 0 Å². The lowest BCUT2D eigenvalue weighted by atomic mass is 10.0. The molecule has 84 valence electrons. The second-order valence-corrected chi connectivity index (χ2v) is 3.21. The molecule has 14 heavy (non-hydrogen) atoms. The molecule has 0 saturated carbocycles. The molecule has 1 saturated heterocycles. The summed E-state index contributed by atoms with van der Waals surface area (Å²) in [4.78, 5) is 0. The van der Waals surface area contributed by atoms with E-state index in [0.29, 0.717) is 0 Å². The van der Waals surface area contributed by atoms with Crippen LogP contribution in [0.4, 0.5) is 0 Å². The summed E-state index contributed by atoms with van der Waals surface area (Å²) in [5, 5.41) is 54.7. The lowest BCUT2D eigenvalue weighted by Crippen LogP contribution is -2.47. The van der Waals surface area contributed by atoms with E-state index in [1.165, 1.54) is 0 Å². The van der Waals surface area contributed by atoms with E-state index >= 15 is 0 Å². The molecule has 1 aliphatic heterocycles. The van der Waals surface area contributed by atoms with Gasteiger partial charge < -0.3 is 35.4 Å². The molecule has 6 N–H and O–H groups in total. The Morgan fingerprint density at radius 3 is 1.79 bits per heavy atom. The zero-order valence-corrected chi connectivity index (χ0v) is 7.26. The molecule has 1 aliphatic rings. The fraction of sp³-hybridized carbons (Fsp3) is 1.00. The highest BCUT2D eigenvalue weighted by atomic mass is 16.6. The van der Waals surface area contributed by atoms with Crippen molar-refractivity contribution in [3.05, 3.63) is 0 Å². The number of aliphatic hydroxyl groups excluding tert-OH is 6. The van der Waals surface area contributed by atoms with Crippen LogP contribution >= 0.6 is 0 Å². The fourth-order valence-electron chi connectivity index (χ4n) is 1.28. The summed E-state index contributed by atoms with van der Waals surface area (Å²) in [6.07, 6.45) is -9.70. The van der Waals surface area contributed by atoms with Crippen LogP contribution in [0.1, 0.15) is 0 Å². The van der Waals surface area contributed by atoms with Crippen molar-refractivity contribution in [3.8, 4) is 0 Å². The van der Waals surface area contributed by atoms with Crippen LogP contribution in [0.2, 0.25) is 0 Å². The van der Waals surface area contributed by atoms with Crippen LogP contribution in [-0.4, -0.2) is 74.1 Å². The van der Waals surface area contributed by atoms with E-state index < -0.39 is 43.4 Å². The summed E-state index contributed by atoms with van der Waals surface area (Å²) in [7, 11) is 0. The summed E-state index contributed by atoms with van der Waals surface area (Å²) in [5.74, 6) is 0. The third-order valence-corrected chi connectivity index (χ3v) is 2.22. The number of aliphatic hydroxyl groups is 6. The molecule has 0 aromatic carbocycles. The maximum atomic E-state index is 9.31. The van der Waals surface area contributed by atoms with Gasteiger partial charge >= 0.3 is 0 Å². The second kappa shape index (κ2) is 4.49. The average Bonchev–Trinajstić information content (AvgIpc) is 2.25. The van der Waals surface area contributed by atoms with Crippen LogP contribution in [0.15, 0.2) is 0 Å². The molecule has 1 rings (SSSR count). The third kappa shape index (κ3) is 2.04. The zero-order chi connectivity index (χ0) is 10.9. The van der Waals surface area contributed by atoms with Gasteiger partial charge in [-0.25, -0.2) is 0 Å². The van der Waals surface area contributed by atoms with Gasteiger partial charge in [0.1, 0.15) is 30.5 Å². The van der Waals surface area contributed by atoms with E-state index in [0.717, 1.165) is 0 Å². The van der Waals surface area contributed by atoms with Crippen LogP contribution in [0.5, 0.6) is 0 Å². The predicted octanol–water partition coefficient (Wildman–Crippen LogP) is -3.86. The zero-order valence-electron chi connectivity index (χ0n) is 7.26. The Labute approximate surface area is 79.8 Å². The van der Waals surface area contributed by atoms with E-state index in [4.69, 9.17) is 15.3 Å². The minimum Gasteiger partial charge on any atom is -0.394 e. The molecule has 7 heteroatoms. The second-order valence-electron chi connectivity index (χ2n) is 3.21. The van der Waals surface area contributed by atoms with E-state index in [1.807, 2.05) is 0 Å². The van der Waals surface area contributed by atoms with Crippen LogP contribution in [0.25, 0.3) is 0 Å². The first kappa shape index (κ1) is 11.8. The number of ether oxygens (including phenoxy) is 1. The van der Waals surface area contributed by atoms with Gasteiger partial charge in [0, 0.05) is 0 Å². The van der Waals surface area contributed by atoms with Gasteiger partial charge in [-0.05, 0) is 0 Å². The van der Waals surface area contributed by atoms with Gasteiger partial charge in [-0.2, -0.15) is 0 Å². The van der Waals surface area contributed by atoms with Crippen molar-refractivity contribution in [1.29, 1.82) is 0 Å². The molecule has 0 amide bonds. The van der Waals surface area contributed by atoms with Crippen molar-refractivity contribution in [2.24, 2.45) is 0 Å². The van der Waals surface area contributed by atoms with Gasteiger partial charge in [-0.1, -0.05) is 0 Å². The smallest absolute Gasteiger partial charge is 0.184 e. The summed E-state index contributed by atoms with van der Waals surface area (Å²) in [6.45, 7) is -0.644. The van der Waals surface area contributed by atoms with Gasteiger partial charge in [-0.15, -0.1) is 0 Å². The van der Waals surface area contributed by atoms with Crippen LogP contribution in [-0.2, 0) is 4.74 Å². The van der Waals surface area contributed by atoms with Gasteiger partial charge in [0.15, 0.2) is 6.29 Å². The average molecular weight is 210 g/mol. The molecule has 7 nitrogen and oxygen atoms in total. The minimum atomic E-state index is -1.76. The summed E-state index contributed by atoms with van der Waals surface area (Å²) >= 11 is 0. The van der Waals surface area contributed by atoms with Gasteiger partial charge in [0.05, 0.1) is 6.61 Å². The molecular weight excluding hydrogens is 196 g/mol. The lowest BCUT2D eigenvalue weighted by Gasteiger charge is -2.23. The van der Waals surface area contributed by atoms with E-state index in [9.17, 15) is 15.3 Å². The largest absolute Gasteiger partial charge is 0.394 e. The Kier molecular flexibility index (Phi) is 3.78. The molecular formula is C7H14O7. The van der Waals surface area contributed by atoms with Crippen molar-refractivity contribution >= 4 is 0 Å². The van der Waals surface area contributed by atoms with E-state index in [1.54, 1.807) is 0 Å². The topological polar surface area (TPSA) is 131 Å². The van der Waals surface area contributed by atoms with Crippen molar-refractivity contribution in [2.75, 3.05) is 6.61 Å². The van der Waals surface area contributed by atoms with Crippen molar-refractivity contribution in [3.63, 3.8) is 0 Å². The first-order chi connectivity index (χ1) is 6.49. The summed E-state index contributed by atoms with van der Waals surface area (Å²) < 4.78 is 4.61. The number of hydrogen-bond donors (Lipinski definition) is 6. The molecule has 1 heterocycles. The standard InChI is InChI=1S/C7H14O7/c8-1-2-3(9)4(10)5(11)6(12)7(13)14-2/h2-13H,1H2. The molecule has 0 bridgehead atoms. The molecule has 0 aliphatic carbocycles. The maximum Gasteiger partial charge on any atom is 0.184 e. The van der Waals surface area contributed by atoms with Crippen LogP contribution in [0.3, 0.4) is 0 Å². The van der Waals surface area contributed by atoms with Crippen LogP contribution in [0, 0.1) is 0 Å². The first-order valence-electron chi connectivity index (χ1n) is 4.15. The first-order valence-corrected chi connectivity index (χ1v) is 4.15. The minimum absolute atomic E-state index is 0.644. The Morgan fingerprint density at radius 2 is 1.29 bits per heavy atom. The highest BCUT2D eigenvalue weighted by Crippen LogP contribution is 2.19. The number of rotatable bonds is 1. The fourth-order valence-corrected chi connectivity index (χ4v) is 1.28. The van der Waals surface area contributed by atoms with E-state index in [-0.39, 0.29) is 0 Å². The van der Waals surface area contributed by atoms with Gasteiger partial charge in [0.25, 0.3) is 0 Å². The van der Waals surface area contributed by atoms with Crippen molar-refractivity contribution in [2.45, 2.75) is 36.8 Å². The number of hydrogen-bond acceptors (Lipinski definition) is 7. The van der Waals surface area contributed by atoms with Crippen LogP contribution < -0.4 is 0 Å². The molecule has 0 radical (unpaired) electrons. The maximum absolute atomic E-state index is 9.31. The quantitative estimate of drug-likeness (QED) is 0.261. The third-order valence-electron chi connectivity index (χ3n) is 2.22. The Balaban J connectivity index is 2.81. The highest BCUT2D eigenvalue weighted by molar-refractivity contribution is 4.90. The normalized spacial score (nSPS) is 50.1. The molecule has 0 spiro atoms. The molecule has 1 fully saturated rings.